The Hall–Kier alpha value is -3.43. The highest BCUT2D eigenvalue weighted by molar-refractivity contribution is 6.00. The van der Waals surface area contributed by atoms with Crippen LogP contribution in [0.1, 0.15) is 12.0 Å². The highest BCUT2D eigenvalue weighted by Crippen LogP contribution is 2.36. The normalized spacial score (nSPS) is 17.9. The zero-order chi connectivity index (χ0) is 22.9. The number of rotatable bonds is 5. The Morgan fingerprint density at radius 1 is 1.16 bits per heavy atom. The van der Waals surface area contributed by atoms with Gasteiger partial charge in [-0.1, -0.05) is 18.2 Å². The van der Waals surface area contributed by atoms with Crippen LogP contribution < -0.4 is 19.1 Å². The molecular weight excluding hydrogens is 429 g/mol. The van der Waals surface area contributed by atoms with Gasteiger partial charge in [0.1, 0.15) is 19.0 Å². The number of nitrogens with zero attached hydrogens (tertiary/aromatic N) is 2. The Kier molecular flexibility index (Phi) is 5.86. The molecule has 1 saturated heterocycles. The zero-order valence-corrected chi connectivity index (χ0v) is 17.2. The summed E-state index contributed by atoms with van der Waals surface area (Å²) >= 11 is 0. The van der Waals surface area contributed by atoms with Gasteiger partial charge in [0.05, 0.1) is 5.92 Å². The van der Waals surface area contributed by atoms with Crippen LogP contribution in [0.15, 0.2) is 42.5 Å². The summed E-state index contributed by atoms with van der Waals surface area (Å²) in [6.07, 6.45) is -4.82. The van der Waals surface area contributed by atoms with Gasteiger partial charge in [-0.2, -0.15) is 0 Å². The Balaban J connectivity index is 1.44. The monoisotopic (exact) mass is 450 g/mol. The van der Waals surface area contributed by atoms with Crippen molar-refractivity contribution in [3.05, 3.63) is 48.0 Å². The molecule has 4 rings (SSSR count). The Morgan fingerprint density at radius 3 is 2.62 bits per heavy atom. The summed E-state index contributed by atoms with van der Waals surface area (Å²) in [4.78, 5) is 28.3. The molecule has 170 valence electrons. The van der Waals surface area contributed by atoms with Crippen LogP contribution in [0.25, 0.3) is 0 Å². The maximum absolute atomic E-state index is 12.9. The van der Waals surface area contributed by atoms with Crippen molar-refractivity contribution in [1.29, 1.82) is 0 Å². The number of ether oxygens (including phenoxy) is 3. The number of hydrogen-bond acceptors (Lipinski definition) is 5. The lowest BCUT2D eigenvalue weighted by atomic mass is 10.1. The van der Waals surface area contributed by atoms with Crippen molar-refractivity contribution in [2.75, 3.05) is 31.7 Å². The third-order valence-corrected chi connectivity index (χ3v) is 5.29. The predicted octanol–water partition coefficient (Wildman–Crippen LogP) is 3.37. The van der Waals surface area contributed by atoms with E-state index in [9.17, 15) is 22.8 Å². The SMILES string of the molecule is CN(Cc1ccccc1OC(F)(F)F)C(=O)C1CC(=O)N(c2ccc3c(c2)OCCO3)C1. The summed E-state index contributed by atoms with van der Waals surface area (Å²) in [6, 6.07) is 10.8. The first kappa shape index (κ1) is 21.8. The standard InChI is InChI=1S/C22H21F3N2O5/c1-26(12-14-4-2-3-5-17(14)32-22(23,24)25)21(29)15-10-20(28)27(13-15)16-6-7-18-19(11-16)31-9-8-30-18/h2-7,11,15H,8-10,12-13H2,1H3. The minimum Gasteiger partial charge on any atom is -0.486 e. The molecular formula is C22H21F3N2O5. The number of benzene rings is 2. The molecule has 0 aromatic heterocycles. The molecule has 32 heavy (non-hydrogen) atoms. The number of carbonyl (C=O) groups excluding carboxylic acids is 2. The summed E-state index contributed by atoms with van der Waals surface area (Å²) in [5.41, 5.74) is 0.815. The van der Waals surface area contributed by atoms with Gasteiger partial charge >= 0.3 is 6.36 Å². The fourth-order valence-corrected chi connectivity index (χ4v) is 3.83. The van der Waals surface area contributed by atoms with E-state index in [0.29, 0.717) is 30.4 Å². The minimum atomic E-state index is -4.83. The Morgan fingerprint density at radius 2 is 1.88 bits per heavy atom. The average Bonchev–Trinajstić information content (AvgIpc) is 3.14. The van der Waals surface area contributed by atoms with E-state index in [-0.39, 0.29) is 42.6 Å². The molecule has 2 amide bonds. The fourth-order valence-electron chi connectivity index (χ4n) is 3.83. The van der Waals surface area contributed by atoms with E-state index in [1.165, 1.54) is 35.0 Å². The van der Waals surface area contributed by atoms with Crippen LogP contribution in [0.3, 0.4) is 0 Å². The van der Waals surface area contributed by atoms with Crippen molar-refractivity contribution < 1.29 is 37.0 Å². The van der Waals surface area contributed by atoms with Gasteiger partial charge in [0.2, 0.25) is 11.8 Å². The van der Waals surface area contributed by atoms with Gasteiger partial charge in [-0.15, -0.1) is 13.2 Å². The van der Waals surface area contributed by atoms with Crippen molar-refractivity contribution in [3.8, 4) is 17.2 Å². The van der Waals surface area contributed by atoms with Crippen LogP contribution in [0.5, 0.6) is 17.2 Å². The molecule has 1 unspecified atom stereocenters. The van der Waals surface area contributed by atoms with E-state index in [0.717, 1.165) is 0 Å². The van der Waals surface area contributed by atoms with E-state index in [1.54, 1.807) is 24.3 Å². The predicted molar refractivity (Wildman–Crippen MR) is 107 cm³/mol. The largest absolute Gasteiger partial charge is 0.573 e. The maximum Gasteiger partial charge on any atom is 0.573 e. The summed E-state index contributed by atoms with van der Waals surface area (Å²) in [5, 5.41) is 0. The molecule has 7 nitrogen and oxygen atoms in total. The van der Waals surface area contributed by atoms with Crippen molar-refractivity contribution in [1.82, 2.24) is 4.90 Å². The van der Waals surface area contributed by atoms with Crippen molar-refractivity contribution in [3.63, 3.8) is 0 Å². The van der Waals surface area contributed by atoms with E-state index < -0.39 is 12.3 Å². The maximum atomic E-state index is 12.9. The summed E-state index contributed by atoms with van der Waals surface area (Å²) in [7, 11) is 1.49. The average molecular weight is 450 g/mol. The van der Waals surface area contributed by atoms with Crippen LogP contribution >= 0.6 is 0 Å². The highest BCUT2D eigenvalue weighted by Gasteiger charge is 2.37. The molecule has 0 bridgehead atoms. The number of anilines is 1. The molecule has 10 heteroatoms. The fraction of sp³-hybridized carbons (Fsp3) is 0.364. The highest BCUT2D eigenvalue weighted by atomic mass is 19.4. The minimum absolute atomic E-state index is 0.0122. The Bertz CT molecular complexity index is 1030. The molecule has 1 fully saturated rings. The molecule has 0 spiro atoms. The summed E-state index contributed by atoms with van der Waals surface area (Å²) < 4.78 is 53.1. The van der Waals surface area contributed by atoms with Gasteiger partial charge in [0.25, 0.3) is 0 Å². The van der Waals surface area contributed by atoms with Gasteiger partial charge in [0.15, 0.2) is 11.5 Å². The number of carbonyl (C=O) groups is 2. The van der Waals surface area contributed by atoms with Gasteiger partial charge in [-0.05, 0) is 18.2 Å². The van der Waals surface area contributed by atoms with Crippen LogP contribution in [-0.2, 0) is 16.1 Å². The van der Waals surface area contributed by atoms with Crippen LogP contribution in [0.2, 0.25) is 0 Å². The summed E-state index contributed by atoms with van der Waals surface area (Å²) in [6.45, 7) is 0.951. The number of alkyl halides is 3. The molecule has 0 aliphatic carbocycles. The van der Waals surface area contributed by atoms with E-state index in [2.05, 4.69) is 4.74 Å². The molecule has 2 aliphatic heterocycles. The summed E-state index contributed by atoms with van der Waals surface area (Å²) in [5.74, 6) is -0.389. The zero-order valence-electron chi connectivity index (χ0n) is 17.2. The van der Waals surface area contributed by atoms with Crippen LogP contribution in [0.4, 0.5) is 18.9 Å². The third-order valence-electron chi connectivity index (χ3n) is 5.29. The number of hydrogen-bond donors (Lipinski definition) is 0. The second-order valence-corrected chi connectivity index (χ2v) is 7.58. The molecule has 0 N–H and O–H groups in total. The second kappa shape index (κ2) is 8.60. The van der Waals surface area contributed by atoms with Crippen molar-refractivity contribution >= 4 is 17.5 Å². The first-order valence-corrected chi connectivity index (χ1v) is 10.00. The second-order valence-electron chi connectivity index (χ2n) is 7.58. The third kappa shape index (κ3) is 4.74. The molecule has 2 aliphatic rings. The van der Waals surface area contributed by atoms with Gasteiger partial charge in [-0.25, -0.2) is 0 Å². The van der Waals surface area contributed by atoms with E-state index in [1.807, 2.05) is 0 Å². The van der Waals surface area contributed by atoms with Crippen molar-refractivity contribution in [2.24, 2.45) is 5.92 Å². The van der Waals surface area contributed by atoms with E-state index in [4.69, 9.17) is 9.47 Å². The lowest BCUT2D eigenvalue weighted by Crippen LogP contribution is -2.34. The topological polar surface area (TPSA) is 68.3 Å². The number of amides is 2. The quantitative estimate of drug-likeness (QED) is 0.699. The molecule has 2 aromatic rings. The number of fused-ring (bicyclic) bond motifs is 1. The molecule has 1 atom stereocenters. The first-order valence-electron chi connectivity index (χ1n) is 10.00. The van der Waals surface area contributed by atoms with Crippen molar-refractivity contribution in [2.45, 2.75) is 19.3 Å². The smallest absolute Gasteiger partial charge is 0.486 e. The first-order chi connectivity index (χ1) is 15.2. The van der Waals surface area contributed by atoms with Gasteiger partial charge in [-0.3, -0.25) is 9.59 Å². The van der Waals surface area contributed by atoms with Gasteiger partial charge in [0, 0.05) is 43.9 Å². The van der Waals surface area contributed by atoms with Gasteiger partial charge < -0.3 is 24.0 Å². The lowest BCUT2D eigenvalue weighted by Gasteiger charge is -2.24. The molecule has 0 radical (unpaired) electrons. The van der Waals surface area contributed by atoms with Crippen LogP contribution in [0, 0.1) is 5.92 Å². The van der Waals surface area contributed by atoms with E-state index >= 15 is 0 Å². The molecule has 2 aromatic carbocycles. The molecule has 0 saturated carbocycles. The molecule has 2 heterocycles. The number of halogens is 3. The number of para-hydroxylation sites is 1. The van der Waals surface area contributed by atoms with Crippen LogP contribution in [-0.4, -0.2) is 49.9 Å². The Labute approximate surface area is 182 Å². The lowest BCUT2D eigenvalue weighted by molar-refractivity contribution is -0.275.